The van der Waals surface area contributed by atoms with Gasteiger partial charge in [-0.15, -0.1) is 11.8 Å². The minimum absolute atomic E-state index is 0.0787. The Morgan fingerprint density at radius 3 is 2.36 bits per heavy atom. The highest BCUT2D eigenvalue weighted by atomic mass is 32.2. The Balaban J connectivity index is 2.37. The molecule has 0 bridgehead atoms. The van der Waals surface area contributed by atoms with E-state index in [1.807, 2.05) is 0 Å². The van der Waals surface area contributed by atoms with Crippen molar-refractivity contribution < 1.29 is 9.59 Å². The van der Waals surface area contributed by atoms with Crippen LogP contribution in [0.25, 0.3) is 0 Å². The van der Waals surface area contributed by atoms with Crippen LogP contribution in [0, 0.1) is 5.92 Å². The Labute approximate surface area is 68.7 Å². The number of carbonyl (C=O) groups excluding carboxylic acids is 2. The molecule has 0 aromatic carbocycles. The van der Waals surface area contributed by atoms with Crippen molar-refractivity contribution >= 4 is 23.6 Å². The van der Waals surface area contributed by atoms with Crippen molar-refractivity contribution in [2.24, 2.45) is 17.4 Å². The van der Waals surface area contributed by atoms with E-state index < -0.39 is 0 Å². The maximum absolute atomic E-state index is 10.6. The molecule has 4 N–H and O–H groups in total. The van der Waals surface area contributed by atoms with Crippen LogP contribution in [0.15, 0.2) is 0 Å². The summed E-state index contributed by atoms with van der Waals surface area (Å²) >= 11 is 1.48. The second-order valence-corrected chi connectivity index (χ2v) is 3.76. The monoisotopic (exact) mass is 174 g/mol. The highest BCUT2D eigenvalue weighted by molar-refractivity contribution is 8.02. The number of nitrogens with two attached hydrogens (primary N) is 2. The lowest BCUT2D eigenvalue weighted by Crippen LogP contribution is -2.43. The standard InChI is InChI=1S/C6H10N2O2S/c7-4(9)1-3-2-11-5(3)6(8)10/h3,5H,1-2H2,(H2,7,9)(H2,8,10). The van der Waals surface area contributed by atoms with Gasteiger partial charge in [-0.2, -0.15) is 0 Å². The first kappa shape index (κ1) is 8.39. The molecule has 1 aliphatic heterocycles. The molecule has 0 saturated carbocycles. The summed E-state index contributed by atoms with van der Waals surface area (Å²) in [5, 5.41) is -0.192. The van der Waals surface area contributed by atoms with Crippen molar-refractivity contribution in [3.05, 3.63) is 0 Å². The molecule has 62 valence electrons. The van der Waals surface area contributed by atoms with E-state index in [4.69, 9.17) is 11.5 Å². The lowest BCUT2D eigenvalue weighted by molar-refractivity contribution is -0.120. The van der Waals surface area contributed by atoms with Gasteiger partial charge in [-0.1, -0.05) is 0 Å². The molecule has 0 aromatic rings. The van der Waals surface area contributed by atoms with E-state index in [9.17, 15) is 9.59 Å². The molecule has 2 unspecified atom stereocenters. The predicted octanol–water partition coefficient (Wildman–Crippen LogP) is -0.921. The SMILES string of the molecule is NC(=O)CC1CSC1C(N)=O. The highest BCUT2D eigenvalue weighted by Crippen LogP contribution is 2.36. The van der Waals surface area contributed by atoms with Crippen LogP contribution in [0.3, 0.4) is 0 Å². The first-order valence-electron chi connectivity index (χ1n) is 3.30. The number of hydrogen-bond donors (Lipinski definition) is 2. The second-order valence-electron chi connectivity index (χ2n) is 2.59. The van der Waals surface area contributed by atoms with E-state index in [1.165, 1.54) is 11.8 Å². The van der Waals surface area contributed by atoms with E-state index in [2.05, 4.69) is 0 Å². The number of amides is 2. The molecule has 0 aliphatic carbocycles. The van der Waals surface area contributed by atoms with E-state index in [-0.39, 0.29) is 29.4 Å². The predicted molar refractivity (Wildman–Crippen MR) is 42.7 cm³/mol. The van der Waals surface area contributed by atoms with Crippen LogP contribution in [0.2, 0.25) is 0 Å². The van der Waals surface area contributed by atoms with Gasteiger partial charge in [0.25, 0.3) is 0 Å². The van der Waals surface area contributed by atoms with E-state index >= 15 is 0 Å². The molecule has 1 saturated heterocycles. The Bertz CT molecular complexity index is 195. The summed E-state index contributed by atoms with van der Waals surface area (Å²) in [6.07, 6.45) is 0.278. The van der Waals surface area contributed by atoms with Gasteiger partial charge in [-0.25, -0.2) is 0 Å². The molecule has 2 amide bonds. The molecule has 5 heteroatoms. The normalized spacial score (nSPS) is 29.1. The number of hydrogen-bond acceptors (Lipinski definition) is 3. The Morgan fingerprint density at radius 1 is 1.45 bits per heavy atom. The van der Waals surface area contributed by atoms with E-state index in [0.29, 0.717) is 0 Å². The summed E-state index contributed by atoms with van der Waals surface area (Å²) in [5.41, 5.74) is 10.0. The van der Waals surface area contributed by atoms with Crippen LogP contribution in [0.5, 0.6) is 0 Å². The molecule has 1 heterocycles. The molecule has 0 spiro atoms. The van der Waals surface area contributed by atoms with Gasteiger partial charge in [-0.05, 0) is 11.7 Å². The molecular formula is C6H10N2O2S. The Hall–Kier alpha value is -0.710. The molecule has 4 nitrogen and oxygen atoms in total. The van der Waals surface area contributed by atoms with Crippen molar-refractivity contribution in [3.63, 3.8) is 0 Å². The molecule has 1 fully saturated rings. The smallest absolute Gasteiger partial charge is 0.230 e. The van der Waals surface area contributed by atoms with Gasteiger partial charge in [0.15, 0.2) is 0 Å². The van der Waals surface area contributed by atoms with Gasteiger partial charge >= 0.3 is 0 Å². The third-order valence-corrected chi connectivity index (χ3v) is 3.26. The third kappa shape index (κ3) is 1.86. The maximum atomic E-state index is 10.6. The lowest BCUT2D eigenvalue weighted by atomic mass is 10.0. The number of thioether (sulfide) groups is 1. The molecule has 11 heavy (non-hydrogen) atoms. The van der Waals surface area contributed by atoms with Gasteiger partial charge < -0.3 is 11.5 Å². The van der Waals surface area contributed by atoms with Crippen molar-refractivity contribution in [1.29, 1.82) is 0 Å². The van der Waals surface area contributed by atoms with E-state index in [1.54, 1.807) is 0 Å². The average Bonchev–Trinajstić information content (AvgIpc) is 1.78. The van der Waals surface area contributed by atoms with E-state index in [0.717, 1.165) is 5.75 Å². The Kier molecular flexibility index (Phi) is 2.38. The molecular weight excluding hydrogens is 164 g/mol. The van der Waals surface area contributed by atoms with Crippen LogP contribution in [0.1, 0.15) is 6.42 Å². The molecule has 0 radical (unpaired) electrons. The first-order chi connectivity index (χ1) is 5.11. The topological polar surface area (TPSA) is 86.2 Å². The maximum Gasteiger partial charge on any atom is 0.230 e. The van der Waals surface area contributed by atoms with Crippen molar-refractivity contribution in [1.82, 2.24) is 0 Å². The summed E-state index contributed by atoms with van der Waals surface area (Å²) in [6, 6.07) is 0. The summed E-state index contributed by atoms with van der Waals surface area (Å²) in [7, 11) is 0. The number of primary amides is 2. The fourth-order valence-corrected chi connectivity index (χ4v) is 2.10. The largest absolute Gasteiger partial charge is 0.370 e. The van der Waals surface area contributed by atoms with Crippen LogP contribution < -0.4 is 11.5 Å². The van der Waals surface area contributed by atoms with Crippen LogP contribution in [-0.2, 0) is 9.59 Å². The molecule has 2 atom stereocenters. The van der Waals surface area contributed by atoms with Crippen LogP contribution >= 0.6 is 11.8 Å². The van der Waals surface area contributed by atoms with Gasteiger partial charge in [-0.3, -0.25) is 9.59 Å². The van der Waals surface area contributed by atoms with Gasteiger partial charge in [0.1, 0.15) is 0 Å². The molecule has 1 aliphatic rings. The average molecular weight is 174 g/mol. The zero-order chi connectivity index (χ0) is 8.43. The first-order valence-corrected chi connectivity index (χ1v) is 4.35. The zero-order valence-electron chi connectivity index (χ0n) is 5.95. The minimum Gasteiger partial charge on any atom is -0.370 e. The third-order valence-electron chi connectivity index (χ3n) is 1.66. The van der Waals surface area contributed by atoms with Gasteiger partial charge in [0.05, 0.1) is 5.25 Å². The summed E-state index contributed by atoms with van der Waals surface area (Å²) < 4.78 is 0. The number of carbonyl (C=O) groups is 2. The fraction of sp³-hybridized carbons (Fsp3) is 0.667. The Morgan fingerprint density at radius 2 is 2.09 bits per heavy atom. The van der Waals surface area contributed by atoms with Crippen LogP contribution in [0.4, 0.5) is 0 Å². The highest BCUT2D eigenvalue weighted by Gasteiger charge is 2.36. The van der Waals surface area contributed by atoms with Crippen LogP contribution in [-0.4, -0.2) is 22.8 Å². The lowest BCUT2D eigenvalue weighted by Gasteiger charge is -2.32. The summed E-state index contributed by atoms with van der Waals surface area (Å²) in [4.78, 5) is 21.1. The molecule has 1 rings (SSSR count). The van der Waals surface area contributed by atoms with Crippen molar-refractivity contribution in [3.8, 4) is 0 Å². The molecule has 0 aromatic heterocycles. The zero-order valence-corrected chi connectivity index (χ0v) is 6.76. The quantitative estimate of drug-likeness (QED) is 0.580. The fourth-order valence-electron chi connectivity index (χ4n) is 1.07. The van der Waals surface area contributed by atoms with Gasteiger partial charge in [0, 0.05) is 6.42 Å². The van der Waals surface area contributed by atoms with Crippen molar-refractivity contribution in [2.45, 2.75) is 11.7 Å². The number of rotatable bonds is 3. The minimum atomic E-state index is -0.360. The summed E-state index contributed by atoms with van der Waals surface area (Å²) in [5.74, 6) is 0.195. The van der Waals surface area contributed by atoms with Gasteiger partial charge in [0.2, 0.25) is 11.8 Å². The summed E-state index contributed by atoms with van der Waals surface area (Å²) in [6.45, 7) is 0. The van der Waals surface area contributed by atoms with Crippen molar-refractivity contribution in [2.75, 3.05) is 5.75 Å². The second kappa shape index (κ2) is 3.13.